The van der Waals surface area contributed by atoms with Crippen molar-refractivity contribution in [1.29, 1.82) is 5.26 Å². The Morgan fingerprint density at radius 3 is 1.92 bits per heavy atom. The van der Waals surface area contributed by atoms with E-state index in [0.717, 1.165) is 17.7 Å². The summed E-state index contributed by atoms with van der Waals surface area (Å²) in [6.45, 7) is 22.1. The second-order valence-corrected chi connectivity index (χ2v) is 10.5. The third-order valence-corrected chi connectivity index (χ3v) is 6.10. The zero-order valence-corrected chi connectivity index (χ0v) is 17.5. The molecule has 0 atom stereocenters. The van der Waals surface area contributed by atoms with E-state index in [1.165, 1.54) is 11.3 Å². The lowest BCUT2D eigenvalue weighted by Gasteiger charge is -2.53. The van der Waals surface area contributed by atoms with Gasteiger partial charge in [0.25, 0.3) is 0 Å². The molecule has 1 aromatic rings. The molecule has 2 rings (SSSR count). The van der Waals surface area contributed by atoms with Crippen molar-refractivity contribution in [1.82, 2.24) is 0 Å². The summed E-state index contributed by atoms with van der Waals surface area (Å²) in [6.07, 6.45) is 0. The number of nitriles is 1. The minimum Gasteiger partial charge on any atom is -0.366 e. The van der Waals surface area contributed by atoms with Gasteiger partial charge in [-0.05, 0) is 54.9 Å². The zero-order chi connectivity index (χ0) is 19.4. The quantitative estimate of drug-likeness (QED) is 0.785. The highest BCUT2D eigenvalue weighted by Crippen LogP contribution is 2.61. The fraction of sp³-hybridized carbons (Fsp3) is 0.682. The van der Waals surface area contributed by atoms with Crippen LogP contribution in [0.15, 0.2) is 12.1 Å². The molecule has 0 amide bonds. The molecule has 1 aliphatic rings. The van der Waals surface area contributed by atoms with Crippen molar-refractivity contribution in [2.24, 2.45) is 16.6 Å². The van der Waals surface area contributed by atoms with Crippen molar-refractivity contribution in [2.75, 3.05) is 11.4 Å². The van der Waals surface area contributed by atoms with E-state index in [2.05, 4.69) is 79.3 Å². The Kier molecular flexibility index (Phi) is 4.55. The van der Waals surface area contributed by atoms with Crippen LogP contribution in [0.3, 0.4) is 0 Å². The van der Waals surface area contributed by atoms with E-state index in [-0.39, 0.29) is 21.8 Å². The first kappa shape index (κ1) is 19.8. The molecule has 25 heavy (non-hydrogen) atoms. The molecule has 0 unspecified atom stereocenters. The molecule has 0 aliphatic carbocycles. The maximum atomic E-state index is 9.66. The molecule has 3 heteroatoms. The molecule has 3 nitrogen and oxygen atoms in total. The summed E-state index contributed by atoms with van der Waals surface area (Å²) < 4.78 is 0. The summed E-state index contributed by atoms with van der Waals surface area (Å²) in [6, 6.07) is 6.45. The van der Waals surface area contributed by atoms with Crippen LogP contribution in [-0.2, 0) is 12.0 Å². The minimum atomic E-state index is -0.0931. The van der Waals surface area contributed by atoms with Gasteiger partial charge in [0.1, 0.15) is 0 Å². The highest BCUT2D eigenvalue weighted by molar-refractivity contribution is 5.71. The summed E-state index contributed by atoms with van der Waals surface area (Å²) in [7, 11) is 0. The van der Waals surface area contributed by atoms with Gasteiger partial charge < -0.3 is 10.6 Å². The molecule has 138 valence electrons. The van der Waals surface area contributed by atoms with Gasteiger partial charge in [-0.1, -0.05) is 41.5 Å². The molecular formula is C22H35N3. The van der Waals surface area contributed by atoms with Gasteiger partial charge >= 0.3 is 0 Å². The molecule has 1 heterocycles. The smallest absolute Gasteiger partial charge is 0.0995 e. The Hall–Kier alpha value is -1.53. The number of rotatable bonds is 1. The fourth-order valence-electron chi connectivity index (χ4n) is 5.00. The average molecular weight is 342 g/mol. The van der Waals surface area contributed by atoms with E-state index in [1.807, 2.05) is 6.07 Å². The van der Waals surface area contributed by atoms with Crippen LogP contribution in [-0.4, -0.2) is 12.1 Å². The van der Waals surface area contributed by atoms with E-state index < -0.39 is 0 Å². The molecule has 0 aromatic heterocycles. The van der Waals surface area contributed by atoms with Crippen molar-refractivity contribution in [2.45, 2.75) is 79.8 Å². The molecule has 1 aliphatic heterocycles. The summed E-state index contributed by atoms with van der Waals surface area (Å²) in [5.74, 6) is 0. The normalized spacial score (nSPS) is 17.4. The molecular weight excluding hydrogens is 306 g/mol. The predicted molar refractivity (Wildman–Crippen MR) is 107 cm³/mol. The lowest BCUT2D eigenvalue weighted by molar-refractivity contribution is 0.0628. The number of nitrogens with zero attached hydrogens (tertiary/aromatic N) is 2. The van der Waals surface area contributed by atoms with E-state index in [1.54, 1.807) is 0 Å². The summed E-state index contributed by atoms with van der Waals surface area (Å²) in [5.41, 5.74) is 10.4. The molecule has 0 saturated carbocycles. The maximum Gasteiger partial charge on any atom is 0.0995 e. The maximum absolute atomic E-state index is 9.66. The van der Waals surface area contributed by atoms with E-state index in [0.29, 0.717) is 6.54 Å². The van der Waals surface area contributed by atoms with Crippen molar-refractivity contribution in [3.8, 4) is 6.07 Å². The minimum absolute atomic E-state index is 0.00697. The second-order valence-electron chi connectivity index (χ2n) is 10.5. The van der Waals surface area contributed by atoms with Gasteiger partial charge in [0.05, 0.1) is 11.6 Å². The van der Waals surface area contributed by atoms with Crippen LogP contribution in [0.25, 0.3) is 0 Å². The first-order valence-electron chi connectivity index (χ1n) is 9.26. The Labute approximate surface area is 154 Å². The van der Waals surface area contributed by atoms with Crippen LogP contribution in [0.2, 0.25) is 0 Å². The number of hydrogen-bond acceptors (Lipinski definition) is 3. The first-order valence-corrected chi connectivity index (χ1v) is 9.26. The van der Waals surface area contributed by atoms with Crippen molar-refractivity contribution >= 4 is 5.69 Å². The van der Waals surface area contributed by atoms with Gasteiger partial charge in [-0.25, -0.2) is 0 Å². The van der Waals surface area contributed by atoms with Crippen molar-refractivity contribution < 1.29 is 0 Å². The third kappa shape index (κ3) is 2.75. The second kappa shape index (κ2) is 5.74. The Morgan fingerprint density at radius 2 is 1.56 bits per heavy atom. The number of benzene rings is 1. The highest BCUT2D eigenvalue weighted by Gasteiger charge is 2.59. The number of anilines is 1. The van der Waals surface area contributed by atoms with Gasteiger partial charge in [-0.2, -0.15) is 5.26 Å². The SMILES string of the molecule is CC(C)(C)N1CC(C(C)(C)C)(C(C)(C)C)c2c1ccc(C#N)c2CN. The van der Waals surface area contributed by atoms with Gasteiger partial charge in [-0.3, -0.25) is 0 Å². The van der Waals surface area contributed by atoms with Gasteiger partial charge in [0.2, 0.25) is 0 Å². The lowest BCUT2D eigenvalue weighted by atomic mass is 9.51. The first-order chi connectivity index (χ1) is 11.2. The Balaban J connectivity index is 3.00. The Morgan fingerprint density at radius 1 is 1.04 bits per heavy atom. The van der Waals surface area contributed by atoms with E-state index in [9.17, 15) is 5.26 Å². The number of fused-ring (bicyclic) bond motifs is 1. The van der Waals surface area contributed by atoms with Crippen LogP contribution in [0.1, 0.15) is 79.0 Å². The topological polar surface area (TPSA) is 53.0 Å². The van der Waals surface area contributed by atoms with Crippen molar-refractivity contribution in [3.63, 3.8) is 0 Å². The molecule has 0 fully saturated rings. The van der Waals surface area contributed by atoms with Crippen LogP contribution < -0.4 is 10.6 Å². The standard InChI is InChI=1S/C22H35N3/c1-19(2,3)22(20(4,5)6)14-25(21(7,8)9)17-11-10-15(12-23)16(13-24)18(17)22/h10-11H,13-14,24H2,1-9H3. The zero-order valence-electron chi connectivity index (χ0n) is 17.5. The summed E-state index contributed by atoms with van der Waals surface area (Å²) >= 11 is 0. The van der Waals surface area contributed by atoms with Crippen LogP contribution >= 0.6 is 0 Å². The monoisotopic (exact) mass is 341 g/mol. The molecule has 0 bridgehead atoms. The summed E-state index contributed by atoms with van der Waals surface area (Å²) in [5, 5.41) is 9.66. The van der Waals surface area contributed by atoms with Gasteiger partial charge in [-0.15, -0.1) is 0 Å². The lowest BCUT2D eigenvalue weighted by Crippen LogP contribution is -2.55. The average Bonchev–Trinajstić information content (AvgIpc) is 2.81. The summed E-state index contributed by atoms with van der Waals surface area (Å²) in [4.78, 5) is 2.51. The van der Waals surface area contributed by atoms with E-state index in [4.69, 9.17) is 5.73 Å². The molecule has 0 saturated heterocycles. The third-order valence-electron chi connectivity index (χ3n) is 6.10. The van der Waals surface area contributed by atoms with Crippen LogP contribution in [0.4, 0.5) is 5.69 Å². The van der Waals surface area contributed by atoms with Crippen LogP contribution in [0, 0.1) is 22.2 Å². The molecule has 2 N–H and O–H groups in total. The van der Waals surface area contributed by atoms with Crippen molar-refractivity contribution in [3.05, 3.63) is 28.8 Å². The number of nitrogens with two attached hydrogens (primary N) is 1. The predicted octanol–water partition coefficient (Wildman–Crippen LogP) is 4.97. The van der Waals surface area contributed by atoms with E-state index >= 15 is 0 Å². The van der Waals surface area contributed by atoms with Crippen LogP contribution in [0.5, 0.6) is 0 Å². The number of hydrogen-bond donors (Lipinski definition) is 1. The largest absolute Gasteiger partial charge is 0.366 e. The molecule has 0 radical (unpaired) electrons. The fourth-order valence-corrected chi connectivity index (χ4v) is 5.00. The molecule has 0 spiro atoms. The van der Waals surface area contributed by atoms with Gasteiger partial charge in [0, 0.05) is 29.7 Å². The molecule has 1 aromatic carbocycles. The van der Waals surface area contributed by atoms with Gasteiger partial charge in [0.15, 0.2) is 0 Å². The highest BCUT2D eigenvalue weighted by atomic mass is 15.2. The Bertz CT molecular complexity index is 689.